The minimum absolute atomic E-state index is 0.200. The molecular weight excluding hydrogens is 432 g/mol. The summed E-state index contributed by atoms with van der Waals surface area (Å²) in [4.78, 5) is 32.2. The third-order valence-electron chi connectivity index (χ3n) is 5.21. The lowest BCUT2D eigenvalue weighted by atomic mass is 9.77. The van der Waals surface area contributed by atoms with Crippen LogP contribution in [0.15, 0.2) is 71.5 Å². The summed E-state index contributed by atoms with van der Waals surface area (Å²) in [5, 5.41) is 0. The molecule has 1 aliphatic heterocycles. The van der Waals surface area contributed by atoms with Gasteiger partial charge in [-0.1, -0.05) is 28.1 Å². The highest BCUT2D eigenvalue weighted by Gasteiger charge is 2.53. The summed E-state index contributed by atoms with van der Waals surface area (Å²) in [6, 6.07) is 15.9. The second-order valence-corrected chi connectivity index (χ2v) is 7.80. The zero-order valence-electron chi connectivity index (χ0n) is 16.0. The SMILES string of the molecule is COc1ccc(C(=O)C2C(=O)N(c3ccc(C)c(Br)c3)C2c2cccnc2)cc1. The van der Waals surface area contributed by atoms with Crippen molar-refractivity contribution in [1.29, 1.82) is 0 Å². The van der Waals surface area contributed by atoms with Crippen molar-refractivity contribution in [3.8, 4) is 5.75 Å². The van der Waals surface area contributed by atoms with Crippen molar-refractivity contribution in [3.05, 3.63) is 88.2 Å². The summed E-state index contributed by atoms with van der Waals surface area (Å²) in [6.45, 7) is 1.99. The molecule has 2 heterocycles. The maximum absolute atomic E-state index is 13.2. The molecule has 6 heteroatoms. The number of aromatic nitrogens is 1. The van der Waals surface area contributed by atoms with E-state index in [1.54, 1.807) is 48.7 Å². The first-order valence-corrected chi connectivity index (χ1v) is 9.98. The molecule has 0 bridgehead atoms. The molecule has 29 heavy (non-hydrogen) atoms. The summed E-state index contributed by atoms with van der Waals surface area (Å²) in [5.41, 5.74) is 3.14. The van der Waals surface area contributed by atoms with Gasteiger partial charge in [0.1, 0.15) is 11.7 Å². The molecule has 146 valence electrons. The lowest BCUT2D eigenvalue weighted by Crippen LogP contribution is -2.58. The Kier molecular flexibility index (Phi) is 5.20. The van der Waals surface area contributed by atoms with Crippen LogP contribution in [0, 0.1) is 12.8 Å². The summed E-state index contributed by atoms with van der Waals surface area (Å²) in [7, 11) is 1.57. The summed E-state index contributed by atoms with van der Waals surface area (Å²) in [5.74, 6) is -0.534. The molecule has 4 rings (SSSR count). The highest BCUT2D eigenvalue weighted by Crippen LogP contribution is 2.45. The predicted octanol–water partition coefficient (Wildman–Crippen LogP) is 4.75. The number of methoxy groups -OCH3 is 1. The van der Waals surface area contributed by atoms with Gasteiger partial charge in [-0.3, -0.25) is 14.6 Å². The Morgan fingerprint density at radius 2 is 1.90 bits per heavy atom. The largest absolute Gasteiger partial charge is 0.497 e. The Morgan fingerprint density at radius 1 is 1.14 bits per heavy atom. The van der Waals surface area contributed by atoms with Crippen LogP contribution in [-0.2, 0) is 4.79 Å². The second kappa shape index (κ2) is 7.79. The predicted molar refractivity (Wildman–Crippen MR) is 114 cm³/mol. The normalized spacial score (nSPS) is 18.3. The molecule has 1 amide bonds. The number of anilines is 1. The molecule has 0 aliphatic carbocycles. The quantitative estimate of drug-likeness (QED) is 0.319. The van der Waals surface area contributed by atoms with Crippen LogP contribution in [-0.4, -0.2) is 23.8 Å². The van der Waals surface area contributed by atoms with E-state index >= 15 is 0 Å². The van der Waals surface area contributed by atoms with Crippen LogP contribution in [0.1, 0.15) is 27.5 Å². The van der Waals surface area contributed by atoms with Crippen molar-refractivity contribution in [3.63, 3.8) is 0 Å². The Morgan fingerprint density at radius 3 is 2.52 bits per heavy atom. The monoisotopic (exact) mass is 450 g/mol. The molecule has 2 aromatic carbocycles. The van der Waals surface area contributed by atoms with Gasteiger partial charge < -0.3 is 9.64 Å². The number of pyridine rings is 1. The van der Waals surface area contributed by atoms with E-state index in [9.17, 15) is 9.59 Å². The number of ketones is 1. The fourth-order valence-corrected chi connectivity index (χ4v) is 3.96. The number of hydrogen-bond acceptors (Lipinski definition) is 4. The van der Waals surface area contributed by atoms with E-state index in [1.165, 1.54) is 0 Å². The minimum atomic E-state index is -0.785. The first kappa shape index (κ1) is 19.3. The van der Waals surface area contributed by atoms with E-state index in [4.69, 9.17) is 4.74 Å². The fraction of sp³-hybridized carbons (Fsp3) is 0.174. The number of Topliss-reactive ketones (excluding diaryl/α,β-unsaturated/α-hetero) is 1. The van der Waals surface area contributed by atoms with Gasteiger partial charge in [-0.15, -0.1) is 0 Å². The summed E-state index contributed by atoms with van der Waals surface area (Å²) >= 11 is 3.53. The van der Waals surface area contributed by atoms with Crippen LogP contribution in [0.2, 0.25) is 0 Å². The number of carbonyl (C=O) groups excluding carboxylic acids is 2. The molecule has 0 radical (unpaired) electrons. The molecule has 0 spiro atoms. The number of nitrogens with zero attached hydrogens (tertiary/aromatic N) is 2. The lowest BCUT2D eigenvalue weighted by Gasteiger charge is -2.46. The zero-order chi connectivity index (χ0) is 20.5. The number of hydrogen-bond donors (Lipinski definition) is 0. The van der Waals surface area contributed by atoms with Crippen LogP contribution >= 0.6 is 15.9 Å². The average molecular weight is 451 g/mol. The molecule has 3 aromatic rings. The molecule has 5 nitrogen and oxygen atoms in total. The van der Waals surface area contributed by atoms with E-state index < -0.39 is 12.0 Å². The first-order chi connectivity index (χ1) is 14.0. The number of aryl methyl sites for hydroxylation is 1. The average Bonchev–Trinajstić information content (AvgIpc) is 2.75. The van der Waals surface area contributed by atoms with Gasteiger partial charge >= 0.3 is 0 Å². The van der Waals surface area contributed by atoms with E-state index in [0.717, 1.165) is 21.3 Å². The van der Waals surface area contributed by atoms with Crippen LogP contribution in [0.3, 0.4) is 0 Å². The van der Waals surface area contributed by atoms with Gasteiger partial charge in [0.15, 0.2) is 5.78 Å². The Balaban J connectivity index is 1.72. The van der Waals surface area contributed by atoms with E-state index in [2.05, 4.69) is 20.9 Å². The topological polar surface area (TPSA) is 59.5 Å². The maximum Gasteiger partial charge on any atom is 0.241 e. The third kappa shape index (κ3) is 3.44. The van der Waals surface area contributed by atoms with Crippen LogP contribution in [0.5, 0.6) is 5.75 Å². The third-order valence-corrected chi connectivity index (χ3v) is 6.07. The van der Waals surface area contributed by atoms with E-state index in [-0.39, 0.29) is 11.7 Å². The fourth-order valence-electron chi connectivity index (χ4n) is 3.59. The van der Waals surface area contributed by atoms with Gasteiger partial charge in [-0.05, 0) is 60.5 Å². The summed E-state index contributed by atoms with van der Waals surface area (Å²) in [6.07, 6.45) is 3.39. The first-order valence-electron chi connectivity index (χ1n) is 9.18. The molecule has 1 saturated heterocycles. The van der Waals surface area contributed by atoms with Gasteiger partial charge in [0.25, 0.3) is 0 Å². The number of amides is 1. The highest BCUT2D eigenvalue weighted by molar-refractivity contribution is 9.10. The van der Waals surface area contributed by atoms with Gasteiger partial charge in [-0.25, -0.2) is 0 Å². The zero-order valence-corrected chi connectivity index (χ0v) is 17.6. The van der Waals surface area contributed by atoms with Crippen molar-refractivity contribution in [2.75, 3.05) is 12.0 Å². The molecule has 1 aliphatic rings. The Hall–Kier alpha value is -2.99. The molecule has 2 atom stereocenters. The molecular formula is C23H19BrN2O3. The van der Waals surface area contributed by atoms with Crippen LogP contribution in [0.4, 0.5) is 5.69 Å². The van der Waals surface area contributed by atoms with Crippen molar-refractivity contribution in [1.82, 2.24) is 4.98 Å². The maximum atomic E-state index is 13.2. The number of carbonyl (C=O) groups is 2. The van der Waals surface area contributed by atoms with Gasteiger partial charge in [0.05, 0.1) is 13.2 Å². The van der Waals surface area contributed by atoms with E-state index in [1.807, 2.05) is 37.3 Å². The highest BCUT2D eigenvalue weighted by atomic mass is 79.9. The second-order valence-electron chi connectivity index (χ2n) is 6.94. The van der Waals surface area contributed by atoms with Gasteiger partial charge in [-0.2, -0.15) is 0 Å². The number of ether oxygens (including phenoxy) is 1. The van der Waals surface area contributed by atoms with Crippen LogP contribution in [0.25, 0.3) is 0 Å². The minimum Gasteiger partial charge on any atom is -0.497 e. The number of halogens is 1. The standard InChI is InChI=1S/C23H19BrN2O3/c1-14-5-8-17(12-19(14)24)26-21(16-4-3-11-25-13-16)20(23(26)28)22(27)15-6-9-18(29-2)10-7-15/h3-13,20-21H,1-2H3. The summed E-state index contributed by atoms with van der Waals surface area (Å²) < 4.78 is 6.07. The Bertz CT molecular complexity index is 1070. The number of benzene rings is 2. The Labute approximate surface area is 177 Å². The van der Waals surface area contributed by atoms with Crippen molar-refractivity contribution >= 4 is 33.3 Å². The molecule has 0 N–H and O–H groups in total. The number of rotatable bonds is 5. The van der Waals surface area contributed by atoms with Crippen molar-refractivity contribution in [2.45, 2.75) is 13.0 Å². The van der Waals surface area contributed by atoms with Crippen LogP contribution < -0.4 is 9.64 Å². The van der Waals surface area contributed by atoms with Gasteiger partial charge in [0, 0.05) is 28.1 Å². The van der Waals surface area contributed by atoms with Crippen molar-refractivity contribution in [2.24, 2.45) is 5.92 Å². The molecule has 2 unspecified atom stereocenters. The van der Waals surface area contributed by atoms with Gasteiger partial charge in [0.2, 0.25) is 5.91 Å². The molecule has 1 aromatic heterocycles. The van der Waals surface area contributed by atoms with Crippen molar-refractivity contribution < 1.29 is 14.3 Å². The molecule has 0 saturated carbocycles. The smallest absolute Gasteiger partial charge is 0.241 e. The lowest BCUT2D eigenvalue weighted by molar-refractivity contribution is -0.128. The number of β-lactam (4-membered cyclic amide) rings is 1. The van der Waals surface area contributed by atoms with E-state index in [0.29, 0.717) is 11.3 Å². The molecule has 1 fully saturated rings.